The summed E-state index contributed by atoms with van der Waals surface area (Å²) in [4.78, 5) is 4.48. The SMILES string of the molecule is CCCCOc1ccc(CCc2ccc3c(F)c(CCc4ccc(OC(F)(F)F)cc4)ccc3c2)nc1. The minimum Gasteiger partial charge on any atom is -0.492 e. The molecular weight excluding hydrogens is 482 g/mol. The van der Waals surface area contributed by atoms with E-state index >= 15 is 4.39 Å². The number of rotatable bonds is 11. The predicted octanol–water partition coefficient (Wildman–Crippen LogP) is 8.02. The molecule has 1 aromatic heterocycles. The van der Waals surface area contributed by atoms with E-state index in [1.54, 1.807) is 24.4 Å². The number of aromatic nitrogens is 1. The molecule has 7 heteroatoms. The molecule has 0 saturated carbocycles. The van der Waals surface area contributed by atoms with Gasteiger partial charge in [0.05, 0.1) is 12.8 Å². The van der Waals surface area contributed by atoms with Crippen molar-refractivity contribution < 1.29 is 27.0 Å². The largest absolute Gasteiger partial charge is 0.573 e. The molecule has 0 radical (unpaired) electrons. The minimum atomic E-state index is -4.72. The van der Waals surface area contributed by atoms with Crippen LogP contribution in [0.1, 0.15) is 42.1 Å². The van der Waals surface area contributed by atoms with Crippen LogP contribution in [0.15, 0.2) is 72.9 Å². The second-order valence-corrected chi connectivity index (χ2v) is 8.97. The maximum atomic E-state index is 15.2. The van der Waals surface area contributed by atoms with Gasteiger partial charge in [-0.25, -0.2) is 4.39 Å². The molecule has 4 rings (SSSR count). The maximum Gasteiger partial charge on any atom is 0.573 e. The Hall–Kier alpha value is -3.61. The first-order valence-corrected chi connectivity index (χ1v) is 12.4. The van der Waals surface area contributed by atoms with Gasteiger partial charge in [0.15, 0.2) is 0 Å². The lowest BCUT2D eigenvalue weighted by atomic mass is 9.98. The Morgan fingerprint density at radius 1 is 0.784 bits per heavy atom. The number of unbranched alkanes of at least 4 members (excludes halogenated alkanes) is 1. The van der Waals surface area contributed by atoms with Crippen molar-refractivity contribution >= 4 is 10.8 Å². The molecule has 0 amide bonds. The van der Waals surface area contributed by atoms with Gasteiger partial charge in [-0.3, -0.25) is 4.98 Å². The van der Waals surface area contributed by atoms with Gasteiger partial charge in [-0.2, -0.15) is 0 Å². The van der Waals surface area contributed by atoms with Crippen LogP contribution < -0.4 is 9.47 Å². The van der Waals surface area contributed by atoms with Gasteiger partial charge in [-0.05, 0) is 78.4 Å². The van der Waals surface area contributed by atoms with E-state index in [2.05, 4.69) is 16.6 Å². The Morgan fingerprint density at radius 3 is 2.22 bits per heavy atom. The molecule has 0 fully saturated rings. The van der Waals surface area contributed by atoms with Crippen molar-refractivity contribution in [2.45, 2.75) is 51.8 Å². The van der Waals surface area contributed by atoms with E-state index in [0.29, 0.717) is 30.4 Å². The lowest BCUT2D eigenvalue weighted by Gasteiger charge is -2.10. The normalized spacial score (nSPS) is 11.6. The highest BCUT2D eigenvalue weighted by molar-refractivity contribution is 5.84. The Balaban J connectivity index is 1.35. The van der Waals surface area contributed by atoms with Crippen LogP contribution in [0.5, 0.6) is 11.5 Å². The standard InChI is InChI=1S/C30H29F4NO2/c1-2-3-18-36-27-16-13-25(35-20-27)12-5-22-8-17-28-24(19-22)11-10-23(29(28)31)9-4-21-6-14-26(15-7-21)37-30(32,33)34/h6-8,10-11,13-17,19-20H,2-5,9,12,18H2,1H3. The third-order valence-electron chi connectivity index (χ3n) is 6.17. The van der Waals surface area contributed by atoms with Gasteiger partial charge < -0.3 is 9.47 Å². The number of aryl methyl sites for hydroxylation is 4. The average Bonchev–Trinajstić information content (AvgIpc) is 2.88. The summed E-state index contributed by atoms with van der Waals surface area (Å²) in [5.74, 6) is 0.247. The van der Waals surface area contributed by atoms with Crippen LogP contribution in [0.2, 0.25) is 0 Å². The summed E-state index contributed by atoms with van der Waals surface area (Å²) in [5.41, 5.74) is 3.45. The zero-order valence-corrected chi connectivity index (χ0v) is 20.7. The first-order valence-electron chi connectivity index (χ1n) is 12.4. The van der Waals surface area contributed by atoms with E-state index in [1.807, 2.05) is 36.4 Å². The van der Waals surface area contributed by atoms with Crippen molar-refractivity contribution in [3.05, 3.63) is 101 Å². The topological polar surface area (TPSA) is 31.4 Å². The first-order chi connectivity index (χ1) is 17.8. The molecule has 0 saturated heterocycles. The summed E-state index contributed by atoms with van der Waals surface area (Å²) in [5, 5.41) is 1.39. The van der Waals surface area contributed by atoms with E-state index in [1.165, 1.54) is 12.1 Å². The fourth-order valence-electron chi connectivity index (χ4n) is 4.12. The van der Waals surface area contributed by atoms with Crippen LogP contribution in [-0.2, 0) is 25.7 Å². The molecule has 0 bridgehead atoms. The number of nitrogens with zero attached hydrogens (tertiary/aromatic N) is 1. The van der Waals surface area contributed by atoms with E-state index in [0.717, 1.165) is 53.6 Å². The number of pyridine rings is 1. The molecule has 1 heterocycles. The molecule has 37 heavy (non-hydrogen) atoms. The quantitative estimate of drug-likeness (QED) is 0.151. The number of hydrogen-bond acceptors (Lipinski definition) is 3. The third-order valence-corrected chi connectivity index (χ3v) is 6.17. The van der Waals surface area contributed by atoms with Gasteiger partial charge in [0, 0.05) is 11.1 Å². The lowest BCUT2D eigenvalue weighted by molar-refractivity contribution is -0.274. The fraction of sp³-hybridized carbons (Fsp3) is 0.300. The first kappa shape index (κ1) is 26.5. The number of halogens is 4. The molecule has 194 valence electrons. The Morgan fingerprint density at radius 2 is 1.51 bits per heavy atom. The number of alkyl halides is 3. The number of benzene rings is 3. The second-order valence-electron chi connectivity index (χ2n) is 8.97. The predicted molar refractivity (Wildman–Crippen MR) is 136 cm³/mol. The van der Waals surface area contributed by atoms with Crippen LogP contribution in [0, 0.1) is 5.82 Å². The van der Waals surface area contributed by atoms with Gasteiger partial charge >= 0.3 is 6.36 Å². The minimum absolute atomic E-state index is 0.263. The van der Waals surface area contributed by atoms with E-state index < -0.39 is 6.36 Å². The van der Waals surface area contributed by atoms with Gasteiger partial charge in [-0.1, -0.05) is 55.8 Å². The Bertz CT molecular complexity index is 1300. The van der Waals surface area contributed by atoms with Crippen molar-refractivity contribution in [1.82, 2.24) is 4.98 Å². The van der Waals surface area contributed by atoms with Crippen molar-refractivity contribution in [1.29, 1.82) is 0 Å². The van der Waals surface area contributed by atoms with Crippen LogP contribution in [0.4, 0.5) is 17.6 Å². The molecule has 4 aromatic rings. The maximum absolute atomic E-state index is 15.2. The molecule has 0 unspecified atom stereocenters. The van der Waals surface area contributed by atoms with E-state index in [4.69, 9.17) is 4.74 Å². The van der Waals surface area contributed by atoms with Gasteiger partial charge in [0.25, 0.3) is 0 Å². The number of fused-ring (bicyclic) bond motifs is 1. The summed E-state index contributed by atoms with van der Waals surface area (Å²) in [6, 6.07) is 19.0. The third kappa shape index (κ3) is 7.68. The van der Waals surface area contributed by atoms with Crippen LogP contribution >= 0.6 is 0 Å². The van der Waals surface area contributed by atoms with Gasteiger partial charge in [0.2, 0.25) is 0 Å². The molecule has 0 atom stereocenters. The van der Waals surface area contributed by atoms with Crippen LogP contribution in [0.25, 0.3) is 10.8 Å². The zero-order valence-electron chi connectivity index (χ0n) is 20.7. The average molecular weight is 512 g/mol. The van der Waals surface area contributed by atoms with Gasteiger partial charge in [-0.15, -0.1) is 13.2 Å². The molecular formula is C30H29F4NO2. The number of hydrogen-bond donors (Lipinski definition) is 0. The van der Waals surface area contributed by atoms with E-state index in [-0.39, 0.29) is 11.6 Å². The fourth-order valence-corrected chi connectivity index (χ4v) is 4.12. The monoisotopic (exact) mass is 511 g/mol. The molecule has 0 aliphatic carbocycles. The zero-order chi connectivity index (χ0) is 26.3. The summed E-state index contributed by atoms with van der Waals surface area (Å²) < 4.78 is 61.7. The highest BCUT2D eigenvalue weighted by atomic mass is 19.4. The molecule has 0 aliphatic rings. The van der Waals surface area contributed by atoms with Gasteiger partial charge in [0.1, 0.15) is 17.3 Å². The van der Waals surface area contributed by atoms with Crippen molar-refractivity contribution in [2.24, 2.45) is 0 Å². The summed E-state index contributed by atoms with van der Waals surface area (Å²) >= 11 is 0. The summed E-state index contributed by atoms with van der Waals surface area (Å²) in [6.07, 6.45) is 1.64. The van der Waals surface area contributed by atoms with E-state index in [9.17, 15) is 13.2 Å². The Kier molecular flexibility index (Phi) is 8.64. The lowest BCUT2D eigenvalue weighted by Crippen LogP contribution is -2.17. The molecule has 3 nitrogen and oxygen atoms in total. The highest BCUT2D eigenvalue weighted by Crippen LogP contribution is 2.26. The second kappa shape index (κ2) is 12.1. The highest BCUT2D eigenvalue weighted by Gasteiger charge is 2.30. The molecule has 0 aliphatic heterocycles. The molecule has 0 spiro atoms. The van der Waals surface area contributed by atoms with Crippen molar-refractivity contribution in [2.75, 3.05) is 6.61 Å². The molecule has 3 aromatic carbocycles. The van der Waals surface area contributed by atoms with Crippen molar-refractivity contribution in [3.8, 4) is 11.5 Å². The summed E-state index contributed by atoms with van der Waals surface area (Å²) in [7, 11) is 0. The molecule has 0 N–H and O–H groups in total. The Labute approximate surface area is 214 Å². The van der Waals surface area contributed by atoms with Crippen LogP contribution in [-0.4, -0.2) is 18.0 Å². The number of ether oxygens (including phenoxy) is 2. The summed E-state index contributed by atoms with van der Waals surface area (Å²) in [6.45, 7) is 2.82. The van der Waals surface area contributed by atoms with Crippen molar-refractivity contribution in [3.63, 3.8) is 0 Å². The smallest absolute Gasteiger partial charge is 0.492 e. The van der Waals surface area contributed by atoms with Crippen LogP contribution in [0.3, 0.4) is 0 Å².